The minimum absolute atomic E-state index is 0.518. The second-order valence-electron chi connectivity index (χ2n) is 3.83. The third-order valence-electron chi connectivity index (χ3n) is 2.39. The van der Waals surface area contributed by atoms with E-state index in [1.54, 1.807) is 19.3 Å². The minimum atomic E-state index is 0.518. The zero-order valence-corrected chi connectivity index (χ0v) is 9.96. The Balaban J connectivity index is 1.82. The molecule has 1 fully saturated rings. The van der Waals surface area contributed by atoms with Crippen molar-refractivity contribution in [3.63, 3.8) is 0 Å². The highest BCUT2D eigenvalue weighted by atomic mass is 35.5. The molecule has 86 valence electrons. The van der Waals surface area contributed by atoms with Crippen LogP contribution in [0, 0.1) is 0 Å². The van der Waals surface area contributed by atoms with Gasteiger partial charge in [0.15, 0.2) is 5.96 Å². The van der Waals surface area contributed by atoms with Gasteiger partial charge in [-0.2, -0.15) is 0 Å². The van der Waals surface area contributed by atoms with Gasteiger partial charge in [0.2, 0.25) is 0 Å². The van der Waals surface area contributed by atoms with Gasteiger partial charge >= 0.3 is 0 Å². The summed E-state index contributed by atoms with van der Waals surface area (Å²) in [6, 6.07) is 4.34. The van der Waals surface area contributed by atoms with Crippen molar-refractivity contribution in [1.29, 1.82) is 0 Å². The molecule has 1 aliphatic carbocycles. The van der Waals surface area contributed by atoms with Gasteiger partial charge in [-0.25, -0.2) is 4.98 Å². The molecule has 16 heavy (non-hydrogen) atoms. The maximum atomic E-state index is 5.71. The standard InChI is InChI=1S/C11H15ClN4/c1-13-11(16-9-3-4-9)15-7-8-2-5-10(12)14-6-8/h2,5-6,9H,3-4,7H2,1H3,(H2,13,15,16). The van der Waals surface area contributed by atoms with Gasteiger partial charge in [-0.15, -0.1) is 0 Å². The normalized spacial score (nSPS) is 16.0. The Hall–Kier alpha value is -1.29. The van der Waals surface area contributed by atoms with E-state index in [9.17, 15) is 0 Å². The molecule has 0 amide bonds. The van der Waals surface area contributed by atoms with Crippen molar-refractivity contribution in [2.75, 3.05) is 7.05 Å². The number of aromatic nitrogens is 1. The van der Waals surface area contributed by atoms with Gasteiger partial charge in [0, 0.05) is 25.8 Å². The van der Waals surface area contributed by atoms with Crippen LogP contribution in [0.5, 0.6) is 0 Å². The van der Waals surface area contributed by atoms with Crippen LogP contribution in [0.2, 0.25) is 5.15 Å². The van der Waals surface area contributed by atoms with E-state index in [1.165, 1.54) is 12.8 Å². The lowest BCUT2D eigenvalue weighted by Gasteiger charge is -2.10. The summed E-state index contributed by atoms with van der Waals surface area (Å²) in [6.07, 6.45) is 4.24. The molecule has 0 radical (unpaired) electrons. The first-order chi connectivity index (χ1) is 7.78. The first-order valence-electron chi connectivity index (χ1n) is 5.35. The summed E-state index contributed by atoms with van der Waals surface area (Å²) in [6.45, 7) is 0.705. The molecule has 1 aliphatic rings. The van der Waals surface area contributed by atoms with Crippen LogP contribution in [0.1, 0.15) is 18.4 Å². The van der Waals surface area contributed by atoms with Gasteiger partial charge in [-0.3, -0.25) is 4.99 Å². The van der Waals surface area contributed by atoms with Gasteiger partial charge in [-0.05, 0) is 24.5 Å². The first kappa shape index (κ1) is 11.2. The predicted molar refractivity (Wildman–Crippen MR) is 65.6 cm³/mol. The lowest BCUT2D eigenvalue weighted by molar-refractivity contribution is 0.803. The smallest absolute Gasteiger partial charge is 0.191 e. The Kier molecular flexibility index (Phi) is 3.62. The number of hydrogen-bond acceptors (Lipinski definition) is 2. The van der Waals surface area contributed by atoms with Gasteiger partial charge in [0.1, 0.15) is 5.15 Å². The summed E-state index contributed by atoms with van der Waals surface area (Å²) >= 11 is 5.71. The Morgan fingerprint density at radius 2 is 2.38 bits per heavy atom. The van der Waals surface area contributed by atoms with Crippen LogP contribution in [0.3, 0.4) is 0 Å². The quantitative estimate of drug-likeness (QED) is 0.477. The zero-order chi connectivity index (χ0) is 11.4. The average Bonchev–Trinajstić information content (AvgIpc) is 3.10. The fourth-order valence-corrected chi connectivity index (χ4v) is 1.42. The summed E-state index contributed by atoms with van der Waals surface area (Å²) < 4.78 is 0. The molecule has 0 spiro atoms. The molecule has 5 heteroatoms. The van der Waals surface area contributed by atoms with Gasteiger partial charge in [0.05, 0.1) is 0 Å². The average molecular weight is 239 g/mol. The van der Waals surface area contributed by atoms with Crippen molar-refractivity contribution in [3.05, 3.63) is 29.0 Å². The topological polar surface area (TPSA) is 49.3 Å². The molecule has 2 N–H and O–H groups in total. The van der Waals surface area contributed by atoms with Crippen molar-refractivity contribution in [1.82, 2.24) is 15.6 Å². The number of nitrogens with one attached hydrogen (secondary N) is 2. The summed E-state index contributed by atoms with van der Waals surface area (Å²) in [5.74, 6) is 0.845. The third-order valence-corrected chi connectivity index (χ3v) is 2.61. The Labute approximate surface area is 100 Å². The van der Waals surface area contributed by atoms with E-state index in [4.69, 9.17) is 11.6 Å². The maximum absolute atomic E-state index is 5.71. The van der Waals surface area contributed by atoms with E-state index < -0.39 is 0 Å². The lowest BCUT2D eigenvalue weighted by Crippen LogP contribution is -2.38. The minimum Gasteiger partial charge on any atom is -0.354 e. The van der Waals surface area contributed by atoms with Crippen LogP contribution < -0.4 is 10.6 Å². The molecule has 1 saturated carbocycles. The number of aliphatic imine (C=N–C) groups is 1. The van der Waals surface area contributed by atoms with E-state index in [0.29, 0.717) is 17.7 Å². The van der Waals surface area contributed by atoms with Gasteiger partial charge in [0.25, 0.3) is 0 Å². The molecule has 0 aromatic carbocycles. The number of hydrogen-bond donors (Lipinski definition) is 2. The van der Waals surface area contributed by atoms with Crippen molar-refractivity contribution >= 4 is 17.6 Å². The van der Waals surface area contributed by atoms with Crippen molar-refractivity contribution < 1.29 is 0 Å². The van der Waals surface area contributed by atoms with Gasteiger partial charge < -0.3 is 10.6 Å². The predicted octanol–water partition coefficient (Wildman–Crippen LogP) is 1.56. The Morgan fingerprint density at radius 3 is 2.94 bits per heavy atom. The summed E-state index contributed by atoms with van der Waals surface area (Å²) in [5.41, 5.74) is 1.09. The highest BCUT2D eigenvalue weighted by Crippen LogP contribution is 2.18. The van der Waals surface area contributed by atoms with Crippen LogP contribution >= 0.6 is 11.6 Å². The maximum Gasteiger partial charge on any atom is 0.191 e. The number of halogens is 1. The van der Waals surface area contributed by atoms with E-state index in [0.717, 1.165) is 11.5 Å². The molecular formula is C11H15ClN4. The lowest BCUT2D eigenvalue weighted by atomic mass is 10.3. The molecule has 0 atom stereocenters. The molecule has 4 nitrogen and oxygen atoms in total. The van der Waals surface area contributed by atoms with Crippen molar-refractivity contribution in [3.8, 4) is 0 Å². The Morgan fingerprint density at radius 1 is 1.56 bits per heavy atom. The second kappa shape index (κ2) is 5.16. The number of nitrogens with zero attached hydrogens (tertiary/aromatic N) is 2. The van der Waals surface area contributed by atoms with Crippen LogP contribution in [0.4, 0.5) is 0 Å². The van der Waals surface area contributed by atoms with E-state index in [2.05, 4.69) is 20.6 Å². The SMILES string of the molecule is CN=C(NCc1ccc(Cl)nc1)NC1CC1. The highest BCUT2D eigenvalue weighted by Gasteiger charge is 2.21. The number of pyridine rings is 1. The van der Waals surface area contributed by atoms with E-state index in [1.807, 2.05) is 6.07 Å². The van der Waals surface area contributed by atoms with Crippen LogP contribution in [0.15, 0.2) is 23.3 Å². The van der Waals surface area contributed by atoms with E-state index >= 15 is 0 Å². The Bertz CT molecular complexity index is 370. The van der Waals surface area contributed by atoms with Crippen LogP contribution in [0.25, 0.3) is 0 Å². The summed E-state index contributed by atoms with van der Waals surface area (Å²) in [4.78, 5) is 8.17. The largest absolute Gasteiger partial charge is 0.354 e. The molecule has 1 heterocycles. The molecule has 0 aliphatic heterocycles. The van der Waals surface area contributed by atoms with Crippen LogP contribution in [-0.2, 0) is 6.54 Å². The second-order valence-corrected chi connectivity index (χ2v) is 4.22. The fourth-order valence-electron chi connectivity index (χ4n) is 1.31. The van der Waals surface area contributed by atoms with Crippen molar-refractivity contribution in [2.24, 2.45) is 4.99 Å². The summed E-state index contributed by atoms with van der Waals surface area (Å²) in [5, 5.41) is 7.06. The molecule has 0 bridgehead atoms. The van der Waals surface area contributed by atoms with Crippen molar-refractivity contribution in [2.45, 2.75) is 25.4 Å². The van der Waals surface area contributed by atoms with Gasteiger partial charge in [-0.1, -0.05) is 17.7 Å². The van der Waals surface area contributed by atoms with E-state index in [-0.39, 0.29) is 0 Å². The first-order valence-corrected chi connectivity index (χ1v) is 5.73. The molecule has 2 rings (SSSR count). The molecule has 0 saturated heterocycles. The number of rotatable bonds is 3. The third kappa shape index (κ3) is 3.38. The number of guanidine groups is 1. The molecule has 1 aromatic heterocycles. The molecule has 0 unspecified atom stereocenters. The van der Waals surface area contributed by atoms with Crippen LogP contribution in [-0.4, -0.2) is 24.0 Å². The highest BCUT2D eigenvalue weighted by molar-refractivity contribution is 6.29. The fraction of sp³-hybridized carbons (Fsp3) is 0.455. The monoisotopic (exact) mass is 238 g/mol. The zero-order valence-electron chi connectivity index (χ0n) is 9.20. The molecule has 1 aromatic rings. The summed E-state index contributed by atoms with van der Waals surface area (Å²) in [7, 11) is 1.78. The molecular weight excluding hydrogens is 224 g/mol.